The van der Waals surface area contributed by atoms with Crippen LogP contribution in [-0.2, 0) is 0 Å². The molecule has 0 saturated heterocycles. The van der Waals surface area contributed by atoms with Crippen LogP contribution in [0, 0.1) is 6.92 Å². The topological polar surface area (TPSA) is 41.5 Å². The van der Waals surface area contributed by atoms with Gasteiger partial charge in [-0.25, -0.2) is 0 Å². The molecule has 88 valence electrons. The first-order chi connectivity index (χ1) is 8.19. The number of ether oxygens (including phenoxy) is 1. The molecule has 2 rings (SSSR count). The van der Waals surface area contributed by atoms with Crippen molar-refractivity contribution in [2.24, 2.45) is 0 Å². The fraction of sp³-hybridized carbons (Fsp3) is 0.143. The van der Waals surface area contributed by atoms with Crippen molar-refractivity contribution in [3.05, 3.63) is 48.0 Å². The van der Waals surface area contributed by atoms with Crippen molar-refractivity contribution in [3.63, 3.8) is 0 Å². The monoisotopic (exact) mass is 229 g/mol. The van der Waals surface area contributed by atoms with Gasteiger partial charge in [-0.15, -0.1) is 0 Å². The van der Waals surface area contributed by atoms with Crippen molar-refractivity contribution in [2.75, 3.05) is 12.4 Å². The molecular formula is C14H15NO2. The van der Waals surface area contributed by atoms with E-state index in [0.717, 1.165) is 22.7 Å². The van der Waals surface area contributed by atoms with Crippen molar-refractivity contribution >= 4 is 11.4 Å². The molecule has 0 aliphatic rings. The van der Waals surface area contributed by atoms with Crippen molar-refractivity contribution in [1.82, 2.24) is 0 Å². The number of aryl methyl sites for hydroxylation is 1. The van der Waals surface area contributed by atoms with Crippen LogP contribution in [0.25, 0.3) is 0 Å². The zero-order valence-electron chi connectivity index (χ0n) is 9.90. The Hall–Kier alpha value is -2.16. The summed E-state index contributed by atoms with van der Waals surface area (Å²) in [4.78, 5) is 0. The molecule has 0 bridgehead atoms. The minimum Gasteiger partial charge on any atom is -0.508 e. The number of aromatic hydroxyl groups is 1. The van der Waals surface area contributed by atoms with Crippen LogP contribution >= 0.6 is 0 Å². The molecule has 2 aromatic rings. The Labute approximate surface area is 101 Å². The van der Waals surface area contributed by atoms with Crippen LogP contribution < -0.4 is 10.1 Å². The Morgan fingerprint density at radius 2 is 1.82 bits per heavy atom. The minimum atomic E-state index is 0.250. The first-order valence-electron chi connectivity index (χ1n) is 5.40. The number of nitrogens with one attached hydrogen (secondary N) is 1. The van der Waals surface area contributed by atoms with E-state index in [2.05, 4.69) is 5.32 Å². The second kappa shape index (κ2) is 4.78. The largest absolute Gasteiger partial charge is 0.508 e. The van der Waals surface area contributed by atoms with E-state index in [1.165, 1.54) is 0 Å². The molecule has 3 heteroatoms. The Morgan fingerprint density at radius 1 is 1.06 bits per heavy atom. The van der Waals surface area contributed by atoms with Gasteiger partial charge in [0, 0.05) is 17.4 Å². The fourth-order valence-electron chi connectivity index (χ4n) is 1.71. The summed E-state index contributed by atoms with van der Waals surface area (Å²) in [6, 6.07) is 12.9. The summed E-state index contributed by atoms with van der Waals surface area (Å²) in [5.41, 5.74) is 2.89. The third-order valence-electron chi connectivity index (χ3n) is 2.53. The second-order valence-electron chi connectivity index (χ2n) is 3.86. The highest BCUT2D eigenvalue weighted by Crippen LogP contribution is 2.25. The maximum absolute atomic E-state index is 9.37. The van der Waals surface area contributed by atoms with Crippen molar-refractivity contribution in [3.8, 4) is 11.5 Å². The van der Waals surface area contributed by atoms with Gasteiger partial charge in [0.25, 0.3) is 0 Å². The van der Waals surface area contributed by atoms with Crippen molar-refractivity contribution < 1.29 is 9.84 Å². The fourth-order valence-corrected chi connectivity index (χ4v) is 1.71. The van der Waals surface area contributed by atoms with Crippen LogP contribution in [0.4, 0.5) is 11.4 Å². The molecule has 0 radical (unpaired) electrons. The van der Waals surface area contributed by atoms with E-state index in [-0.39, 0.29) is 5.75 Å². The third-order valence-corrected chi connectivity index (χ3v) is 2.53. The highest BCUT2D eigenvalue weighted by Gasteiger charge is 2.00. The average Bonchev–Trinajstić information content (AvgIpc) is 2.29. The van der Waals surface area contributed by atoms with E-state index < -0.39 is 0 Å². The smallest absolute Gasteiger partial charge is 0.121 e. The first kappa shape index (κ1) is 11.3. The van der Waals surface area contributed by atoms with Gasteiger partial charge in [-0.1, -0.05) is 6.07 Å². The van der Waals surface area contributed by atoms with E-state index >= 15 is 0 Å². The number of benzene rings is 2. The lowest BCUT2D eigenvalue weighted by Gasteiger charge is -2.10. The van der Waals surface area contributed by atoms with Crippen LogP contribution in [0.5, 0.6) is 11.5 Å². The number of hydrogen-bond donors (Lipinski definition) is 2. The molecule has 0 spiro atoms. The van der Waals surface area contributed by atoms with Gasteiger partial charge in [-0.3, -0.25) is 0 Å². The minimum absolute atomic E-state index is 0.250. The summed E-state index contributed by atoms with van der Waals surface area (Å²) in [7, 11) is 1.66. The molecule has 0 unspecified atom stereocenters. The van der Waals surface area contributed by atoms with E-state index in [1.54, 1.807) is 25.3 Å². The van der Waals surface area contributed by atoms with Gasteiger partial charge in [-0.2, -0.15) is 0 Å². The van der Waals surface area contributed by atoms with E-state index in [0.29, 0.717) is 0 Å². The molecule has 0 aliphatic heterocycles. The van der Waals surface area contributed by atoms with Crippen LogP contribution in [0.1, 0.15) is 5.56 Å². The van der Waals surface area contributed by atoms with Gasteiger partial charge in [0.05, 0.1) is 7.11 Å². The standard InChI is InChI=1S/C14H15NO2/c1-10-8-12(6-7-14(10)17-2)15-11-4-3-5-13(16)9-11/h3-9,15-16H,1-2H3. The van der Waals surface area contributed by atoms with Gasteiger partial charge < -0.3 is 15.2 Å². The van der Waals surface area contributed by atoms with E-state index in [9.17, 15) is 5.11 Å². The van der Waals surface area contributed by atoms with Crippen LogP contribution in [0.2, 0.25) is 0 Å². The Morgan fingerprint density at radius 3 is 2.47 bits per heavy atom. The lowest BCUT2D eigenvalue weighted by Crippen LogP contribution is -1.92. The first-order valence-corrected chi connectivity index (χ1v) is 5.40. The molecule has 0 saturated carbocycles. The molecule has 0 aliphatic carbocycles. The van der Waals surface area contributed by atoms with Gasteiger partial charge in [0.1, 0.15) is 11.5 Å². The highest BCUT2D eigenvalue weighted by molar-refractivity contribution is 5.62. The molecule has 17 heavy (non-hydrogen) atoms. The quantitative estimate of drug-likeness (QED) is 0.847. The van der Waals surface area contributed by atoms with E-state index in [1.807, 2.05) is 31.2 Å². The maximum Gasteiger partial charge on any atom is 0.121 e. The predicted octanol–water partition coefficient (Wildman–Crippen LogP) is 3.45. The molecule has 0 aromatic heterocycles. The zero-order valence-corrected chi connectivity index (χ0v) is 9.90. The molecule has 2 N–H and O–H groups in total. The van der Waals surface area contributed by atoms with Gasteiger partial charge in [0.2, 0.25) is 0 Å². The lowest BCUT2D eigenvalue weighted by atomic mass is 10.2. The zero-order chi connectivity index (χ0) is 12.3. The van der Waals surface area contributed by atoms with Crippen LogP contribution in [-0.4, -0.2) is 12.2 Å². The summed E-state index contributed by atoms with van der Waals surface area (Å²) in [5.74, 6) is 1.12. The van der Waals surface area contributed by atoms with Gasteiger partial charge >= 0.3 is 0 Å². The number of hydrogen-bond acceptors (Lipinski definition) is 3. The number of rotatable bonds is 3. The summed E-state index contributed by atoms with van der Waals surface area (Å²) in [5, 5.41) is 12.6. The molecule has 0 fully saturated rings. The average molecular weight is 229 g/mol. The number of phenols is 1. The van der Waals surface area contributed by atoms with Crippen molar-refractivity contribution in [2.45, 2.75) is 6.92 Å². The maximum atomic E-state index is 9.37. The van der Waals surface area contributed by atoms with Crippen LogP contribution in [0.15, 0.2) is 42.5 Å². The predicted molar refractivity (Wildman–Crippen MR) is 69.1 cm³/mol. The number of methoxy groups -OCH3 is 1. The third kappa shape index (κ3) is 2.69. The van der Waals surface area contributed by atoms with Crippen LogP contribution in [0.3, 0.4) is 0 Å². The molecular weight excluding hydrogens is 214 g/mol. The highest BCUT2D eigenvalue weighted by atomic mass is 16.5. The number of phenolic OH excluding ortho intramolecular Hbond substituents is 1. The lowest BCUT2D eigenvalue weighted by molar-refractivity contribution is 0.412. The Kier molecular flexibility index (Phi) is 3.19. The summed E-state index contributed by atoms with van der Waals surface area (Å²) in [6.45, 7) is 1.99. The Balaban J connectivity index is 2.22. The number of anilines is 2. The molecule has 0 atom stereocenters. The SMILES string of the molecule is COc1ccc(Nc2cccc(O)c2)cc1C. The van der Waals surface area contributed by atoms with E-state index in [4.69, 9.17) is 4.74 Å². The van der Waals surface area contributed by atoms with Gasteiger partial charge in [0.15, 0.2) is 0 Å². The summed E-state index contributed by atoms with van der Waals surface area (Å²) in [6.07, 6.45) is 0. The normalized spacial score (nSPS) is 10.0. The summed E-state index contributed by atoms with van der Waals surface area (Å²) >= 11 is 0. The van der Waals surface area contributed by atoms with Crippen molar-refractivity contribution in [1.29, 1.82) is 0 Å². The molecule has 0 heterocycles. The van der Waals surface area contributed by atoms with Gasteiger partial charge in [-0.05, 0) is 42.8 Å². The summed E-state index contributed by atoms with van der Waals surface area (Å²) < 4.78 is 5.20. The molecule has 0 amide bonds. The molecule has 2 aromatic carbocycles. The molecule has 3 nitrogen and oxygen atoms in total. The Bertz CT molecular complexity index is 523. The second-order valence-corrected chi connectivity index (χ2v) is 3.86.